The number of hydrogen-bond acceptors (Lipinski definition) is 4. The number of rotatable bonds is 9. The fraction of sp³-hybridized carbons (Fsp3) is 0.450. The van der Waals surface area contributed by atoms with E-state index in [1.807, 2.05) is 13.8 Å². The number of hydrogen-bond donors (Lipinski definition) is 2. The van der Waals surface area contributed by atoms with Crippen LogP contribution in [0.15, 0.2) is 32.3 Å². The Hall–Kier alpha value is -2.42. The molecule has 1 amide bonds. The van der Waals surface area contributed by atoms with Crippen molar-refractivity contribution >= 4 is 33.3 Å². The van der Waals surface area contributed by atoms with Gasteiger partial charge in [0.15, 0.2) is 5.69 Å². The van der Waals surface area contributed by atoms with E-state index in [1.54, 1.807) is 6.07 Å². The molecule has 1 aromatic carbocycles. The molecule has 158 valence electrons. The van der Waals surface area contributed by atoms with E-state index < -0.39 is 23.0 Å². The van der Waals surface area contributed by atoms with Gasteiger partial charge in [0.1, 0.15) is 11.6 Å². The second-order valence-corrected chi connectivity index (χ2v) is 7.70. The first-order valence-corrected chi connectivity index (χ1v) is 10.5. The number of benzene rings is 1. The van der Waals surface area contributed by atoms with Crippen molar-refractivity contribution in [2.45, 2.75) is 52.5 Å². The van der Waals surface area contributed by atoms with E-state index in [4.69, 9.17) is 5.73 Å². The first-order chi connectivity index (χ1) is 13.8. The molecule has 3 N–H and O–H groups in total. The zero-order valence-corrected chi connectivity index (χ0v) is 18.2. The maximum absolute atomic E-state index is 14.4. The number of carbonyl (C=O) groups is 1. The van der Waals surface area contributed by atoms with Gasteiger partial charge in [-0.2, -0.15) is 0 Å². The maximum atomic E-state index is 14.4. The fourth-order valence-corrected chi connectivity index (χ4v) is 3.35. The van der Waals surface area contributed by atoms with Gasteiger partial charge in [-0.1, -0.05) is 49.0 Å². The van der Waals surface area contributed by atoms with E-state index in [0.717, 1.165) is 19.3 Å². The van der Waals surface area contributed by atoms with E-state index in [2.05, 4.69) is 20.9 Å². The molecule has 0 radical (unpaired) electrons. The summed E-state index contributed by atoms with van der Waals surface area (Å²) in [5.74, 6) is -1.47. The lowest BCUT2D eigenvalue weighted by Gasteiger charge is -2.25. The quantitative estimate of drug-likeness (QED) is 0.548. The average Bonchev–Trinajstić information content (AvgIpc) is 2.66. The summed E-state index contributed by atoms with van der Waals surface area (Å²) in [6, 6.07) is 4.09. The van der Waals surface area contributed by atoms with E-state index in [-0.39, 0.29) is 23.6 Å². The smallest absolute Gasteiger partial charge is 0.330 e. The number of halogens is 2. The van der Waals surface area contributed by atoms with Crippen LogP contribution in [-0.4, -0.2) is 22.0 Å². The molecular weight excluding hydrogens is 443 g/mol. The number of nitrogens with two attached hydrogens (primary N) is 1. The number of anilines is 2. The van der Waals surface area contributed by atoms with Gasteiger partial charge in [0.05, 0.1) is 5.56 Å². The normalized spacial score (nSPS) is 10.9. The Morgan fingerprint density at radius 2 is 1.90 bits per heavy atom. The van der Waals surface area contributed by atoms with Gasteiger partial charge >= 0.3 is 5.69 Å². The molecule has 7 nitrogen and oxygen atoms in total. The van der Waals surface area contributed by atoms with Crippen LogP contribution in [0.3, 0.4) is 0 Å². The molecule has 0 fully saturated rings. The number of aromatic nitrogens is 2. The van der Waals surface area contributed by atoms with Gasteiger partial charge in [-0.3, -0.25) is 19.1 Å². The van der Waals surface area contributed by atoms with E-state index in [0.29, 0.717) is 23.9 Å². The Morgan fingerprint density at radius 3 is 2.52 bits per heavy atom. The third-order valence-corrected chi connectivity index (χ3v) is 5.10. The predicted molar refractivity (Wildman–Crippen MR) is 116 cm³/mol. The first-order valence-electron chi connectivity index (χ1n) is 9.71. The van der Waals surface area contributed by atoms with Crippen molar-refractivity contribution in [1.82, 2.24) is 9.55 Å². The van der Waals surface area contributed by atoms with Gasteiger partial charge in [-0.25, -0.2) is 9.18 Å². The molecule has 0 atom stereocenters. The summed E-state index contributed by atoms with van der Waals surface area (Å²) in [6.07, 6.45) is 3.83. The lowest BCUT2D eigenvalue weighted by Crippen LogP contribution is -2.42. The minimum absolute atomic E-state index is 0.0884. The standard InChI is InChI=1S/C20H26BrFN4O3/c1-3-5-7-11-25(19(28)14-9-8-13(21)12-15(14)22)16-17(23)26(10-6-4-2)20(29)24-18(16)27/h8-9,12H,3-7,10-11,23H2,1-2H3,(H,24,27,29). The molecule has 0 aliphatic carbocycles. The summed E-state index contributed by atoms with van der Waals surface area (Å²) < 4.78 is 16.2. The summed E-state index contributed by atoms with van der Waals surface area (Å²) >= 11 is 3.17. The molecule has 0 saturated heterocycles. The van der Waals surface area contributed by atoms with Crippen molar-refractivity contribution in [3.63, 3.8) is 0 Å². The first kappa shape index (κ1) is 22.9. The third kappa shape index (κ3) is 5.35. The summed E-state index contributed by atoms with van der Waals surface area (Å²) in [5.41, 5.74) is 4.48. The van der Waals surface area contributed by atoms with Crippen LogP contribution >= 0.6 is 15.9 Å². The minimum atomic E-state index is -0.761. The molecule has 2 aromatic rings. The minimum Gasteiger partial charge on any atom is -0.383 e. The van der Waals surface area contributed by atoms with Crippen molar-refractivity contribution < 1.29 is 9.18 Å². The predicted octanol–water partition coefficient (Wildman–Crippen LogP) is 3.66. The number of unbranched alkanes of at least 4 members (excludes halogenated alkanes) is 3. The zero-order valence-electron chi connectivity index (χ0n) is 16.6. The molecule has 0 spiro atoms. The number of amides is 1. The summed E-state index contributed by atoms with van der Waals surface area (Å²) in [7, 11) is 0. The van der Waals surface area contributed by atoms with Gasteiger partial charge in [-0.15, -0.1) is 0 Å². The second-order valence-electron chi connectivity index (χ2n) is 6.79. The van der Waals surface area contributed by atoms with Crippen LogP contribution in [0.5, 0.6) is 0 Å². The second kappa shape index (κ2) is 10.4. The van der Waals surface area contributed by atoms with Crippen molar-refractivity contribution in [3.05, 3.63) is 54.9 Å². The topological polar surface area (TPSA) is 101 Å². The number of nitrogens with one attached hydrogen (secondary N) is 1. The van der Waals surface area contributed by atoms with Crippen molar-refractivity contribution in [2.75, 3.05) is 17.2 Å². The molecule has 0 aliphatic heterocycles. The van der Waals surface area contributed by atoms with E-state index in [1.165, 1.54) is 21.6 Å². The highest BCUT2D eigenvalue weighted by molar-refractivity contribution is 9.10. The molecule has 9 heteroatoms. The van der Waals surface area contributed by atoms with Gasteiger partial charge in [0.25, 0.3) is 11.5 Å². The monoisotopic (exact) mass is 468 g/mol. The number of H-pyrrole nitrogens is 1. The lowest BCUT2D eigenvalue weighted by atomic mass is 10.1. The highest BCUT2D eigenvalue weighted by Crippen LogP contribution is 2.23. The van der Waals surface area contributed by atoms with E-state index >= 15 is 0 Å². The Balaban J connectivity index is 2.59. The van der Waals surface area contributed by atoms with Gasteiger partial charge in [0, 0.05) is 17.6 Å². The molecule has 0 bridgehead atoms. The SMILES string of the molecule is CCCCCN(C(=O)c1ccc(Br)cc1F)c1c(N)n(CCCC)c(=O)[nH]c1=O. The van der Waals surface area contributed by atoms with Gasteiger partial charge in [-0.05, 0) is 31.0 Å². The third-order valence-electron chi connectivity index (χ3n) is 4.61. The number of nitrogens with zero attached hydrogens (tertiary/aromatic N) is 2. The van der Waals surface area contributed by atoms with Crippen LogP contribution in [0.4, 0.5) is 15.9 Å². The molecule has 0 aliphatic rings. The van der Waals surface area contributed by atoms with Crippen LogP contribution < -0.4 is 21.9 Å². The maximum Gasteiger partial charge on any atom is 0.330 e. The molecule has 29 heavy (non-hydrogen) atoms. The molecule has 1 aromatic heterocycles. The highest BCUT2D eigenvalue weighted by Gasteiger charge is 2.26. The average molecular weight is 469 g/mol. The summed E-state index contributed by atoms with van der Waals surface area (Å²) in [5, 5.41) is 0. The highest BCUT2D eigenvalue weighted by atomic mass is 79.9. The van der Waals surface area contributed by atoms with Crippen molar-refractivity contribution in [1.29, 1.82) is 0 Å². The number of carbonyl (C=O) groups excluding carboxylic acids is 1. The largest absolute Gasteiger partial charge is 0.383 e. The van der Waals surface area contributed by atoms with Crippen molar-refractivity contribution in [3.8, 4) is 0 Å². The molecule has 1 heterocycles. The van der Waals surface area contributed by atoms with Crippen LogP contribution in [-0.2, 0) is 6.54 Å². The number of nitrogen functional groups attached to an aromatic ring is 1. The fourth-order valence-electron chi connectivity index (χ4n) is 3.02. The Bertz CT molecular complexity index is 987. The van der Waals surface area contributed by atoms with Crippen LogP contribution in [0.25, 0.3) is 0 Å². The Morgan fingerprint density at radius 1 is 1.21 bits per heavy atom. The molecular formula is C20H26BrFN4O3. The molecule has 0 saturated carbocycles. The molecule has 2 rings (SSSR count). The van der Waals surface area contributed by atoms with E-state index in [9.17, 15) is 18.8 Å². The van der Waals surface area contributed by atoms with Gasteiger partial charge < -0.3 is 10.6 Å². The number of aromatic amines is 1. The van der Waals surface area contributed by atoms with Crippen LogP contribution in [0.1, 0.15) is 56.3 Å². The van der Waals surface area contributed by atoms with Crippen LogP contribution in [0.2, 0.25) is 0 Å². The summed E-state index contributed by atoms with van der Waals surface area (Å²) in [4.78, 5) is 41.4. The lowest BCUT2D eigenvalue weighted by molar-refractivity contribution is 0.0982. The van der Waals surface area contributed by atoms with Crippen molar-refractivity contribution in [2.24, 2.45) is 0 Å². The summed E-state index contributed by atoms with van der Waals surface area (Å²) in [6.45, 7) is 4.47. The zero-order chi connectivity index (χ0) is 21.6. The Labute approximate surface area is 176 Å². The molecule has 0 unspecified atom stereocenters. The van der Waals surface area contributed by atoms with Gasteiger partial charge in [0.2, 0.25) is 0 Å². The Kier molecular flexibility index (Phi) is 8.19. The van der Waals surface area contributed by atoms with Crippen LogP contribution in [0, 0.1) is 5.82 Å².